The molecular formula is C27H36N2O5. The maximum absolute atomic E-state index is 12.5. The van der Waals surface area contributed by atoms with Crippen LogP contribution in [0, 0.1) is 17.2 Å². The van der Waals surface area contributed by atoms with Gasteiger partial charge in [0, 0.05) is 5.92 Å². The SMILES string of the molecule is CCCC[C@H](CC(=O)OC)[C@@](C#N)(c1ccco1)N(C)[C@H]1COC(C)(C)O[C@H]1c1ccccc1. The first-order chi connectivity index (χ1) is 16.3. The van der Waals surface area contributed by atoms with E-state index in [0.717, 1.165) is 18.4 Å². The maximum atomic E-state index is 12.5. The Bertz CT molecular complexity index is 953. The minimum Gasteiger partial charge on any atom is -0.469 e. The molecule has 184 valence electrons. The number of ether oxygens (including phenoxy) is 3. The van der Waals surface area contributed by atoms with E-state index in [1.165, 1.54) is 7.11 Å². The normalized spacial score (nSPS) is 22.5. The number of benzene rings is 1. The van der Waals surface area contributed by atoms with Crippen LogP contribution in [0.1, 0.15) is 63.9 Å². The molecule has 34 heavy (non-hydrogen) atoms. The highest BCUT2D eigenvalue weighted by molar-refractivity contribution is 5.70. The Labute approximate surface area is 202 Å². The van der Waals surface area contributed by atoms with Crippen molar-refractivity contribution in [3.63, 3.8) is 0 Å². The van der Waals surface area contributed by atoms with Crippen molar-refractivity contribution in [1.29, 1.82) is 5.26 Å². The number of hydrogen-bond acceptors (Lipinski definition) is 7. The van der Waals surface area contributed by atoms with E-state index in [2.05, 4.69) is 13.0 Å². The number of esters is 1. The van der Waals surface area contributed by atoms with Crippen LogP contribution in [-0.4, -0.2) is 43.5 Å². The summed E-state index contributed by atoms with van der Waals surface area (Å²) >= 11 is 0. The van der Waals surface area contributed by atoms with Gasteiger partial charge in [-0.25, -0.2) is 0 Å². The molecular weight excluding hydrogens is 432 g/mol. The third-order valence-corrected chi connectivity index (χ3v) is 6.75. The van der Waals surface area contributed by atoms with Gasteiger partial charge in [0.05, 0.1) is 38.5 Å². The number of carbonyl (C=O) groups excluding carboxylic acids is 1. The van der Waals surface area contributed by atoms with E-state index in [-0.39, 0.29) is 30.5 Å². The second kappa shape index (κ2) is 11.2. The molecule has 0 aliphatic carbocycles. The fraction of sp³-hybridized carbons (Fsp3) is 0.556. The van der Waals surface area contributed by atoms with Crippen molar-refractivity contribution in [2.75, 3.05) is 20.8 Å². The number of carbonyl (C=O) groups is 1. The zero-order valence-corrected chi connectivity index (χ0v) is 20.8. The van der Waals surface area contributed by atoms with Crippen molar-refractivity contribution in [1.82, 2.24) is 4.90 Å². The first-order valence-corrected chi connectivity index (χ1v) is 11.9. The molecule has 1 saturated heterocycles. The summed E-state index contributed by atoms with van der Waals surface area (Å²) < 4.78 is 23.4. The van der Waals surface area contributed by atoms with Crippen molar-refractivity contribution in [3.8, 4) is 6.07 Å². The van der Waals surface area contributed by atoms with Crippen molar-refractivity contribution in [3.05, 3.63) is 60.1 Å². The fourth-order valence-electron chi connectivity index (χ4n) is 4.88. The summed E-state index contributed by atoms with van der Waals surface area (Å²) in [6.45, 7) is 6.23. The third-order valence-electron chi connectivity index (χ3n) is 6.75. The van der Waals surface area contributed by atoms with E-state index in [4.69, 9.17) is 18.6 Å². The first-order valence-electron chi connectivity index (χ1n) is 11.9. The van der Waals surface area contributed by atoms with Crippen LogP contribution in [0.25, 0.3) is 0 Å². The molecule has 0 spiro atoms. The molecule has 0 bridgehead atoms. The van der Waals surface area contributed by atoms with Gasteiger partial charge < -0.3 is 18.6 Å². The monoisotopic (exact) mass is 468 g/mol. The number of furan rings is 1. The maximum Gasteiger partial charge on any atom is 0.305 e. The van der Waals surface area contributed by atoms with Crippen LogP contribution >= 0.6 is 0 Å². The molecule has 1 aliphatic rings. The van der Waals surface area contributed by atoms with Crippen molar-refractivity contribution >= 4 is 5.97 Å². The van der Waals surface area contributed by atoms with Gasteiger partial charge in [0.15, 0.2) is 11.3 Å². The zero-order valence-electron chi connectivity index (χ0n) is 20.8. The van der Waals surface area contributed by atoms with E-state index >= 15 is 0 Å². The van der Waals surface area contributed by atoms with Gasteiger partial charge in [-0.05, 0) is 45.0 Å². The second-order valence-electron chi connectivity index (χ2n) is 9.31. The molecule has 7 heteroatoms. The Kier molecular flexibility index (Phi) is 8.53. The highest BCUT2D eigenvalue weighted by atomic mass is 16.7. The lowest BCUT2D eigenvalue weighted by atomic mass is 9.75. The van der Waals surface area contributed by atoms with Crippen LogP contribution in [0.4, 0.5) is 0 Å². The average molecular weight is 469 g/mol. The van der Waals surface area contributed by atoms with E-state index < -0.39 is 11.3 Å². The molecule has 0 unspecified atom stereocenters. The number of nitriles is 1. The van der Waals surface area contributed by atoms with Gasteiger partial charge in [-0.15, -0.1) is 0 Å². The minimum atomic E-state index is -1.22. The quantitative estimate of drug-likeness (QED) is 0.444. The molecule has 1 aliphatic heterocycles. The van der Waals surface area contributed by atoms with E-state index in [1.54, 1.807) is 12.3 Å². The number of rotatable bonds is 10. The van der Waals surface area contributed by atoms with Crippen molar-refractivity contribution < 1.29 is 23.4 Å². The van der Waals surface area contributed by atoms with Crippen LogP contribution < -0.4 is 0 Å². The van der Waals surface area contributed by atoms with Crippen molar-refractivity contribution in [2.45, 2.75) is 69.9 Å². The highest BCUT2D eigenvalue weighted by Gasteiger charge is 2.53. The zero-order chi connectivity index (χ0) is 24.8. The van der Waals surface area contributed by atoms with Crippen LogP contribution in [0.5, 0.6) is 0 Å². The first kappa shape index (κ1) is 26.0. The molecule has 0 radical (unpaired) electrons. The largest absolute Gasteiger partial charge is 0.469 e. The smallest absolute Gasteiger partial charge is 0.305 e. The molecule has 3 rings (SSSR count). The Morgan fingerprint density at radius 3 is 2.62 bits per heavy atom. The topological polar surface area (TPSA) is 84.9 Å². The molecule has 1 aromatic carbocycles. The minimum absolute atomic E-state index is 0.102. The van der Waals surface area contributed by atoms with Gasteiger partial charge in [-0.3, -0.25) is 9.69 Å². The molecule has 0 amide bonds. The lowest BCUT2D eigenvalue weighted by Crippen LogP contribution is -2.59. The number of unbranched alkanes of at least 4 members (excludes halogenated alkanes) is 1. The summed E-state index contributed by atoms with van der Waals surface area (Å²) in [6.07, 6.45) is 3.80. The Morgan fingerprint density at radius 2 is 2.03 bits per heavy atom. The molecule has 7 nitrogen and oxygen atoms in total. The van der Waals surface area contributed by atoms with Crippen LogP contribution in [0.15, 0.2) is 53.1 Å². The third kappa shape index (κ3) is 5.35. The summed E-state index contributed by atoms with van der Waals surface area (Å²) in [5, 5.41) is 10.8. The second-order valence-corrected chi connectivity index (χ2v) is 9.31. The molecule has 1 fully saturated rings. The van der Waals surface area contributed by atoms with E-state index in [1.807, 2.05) is 62.2 Å². The predicted octanol–water partition coefficient (Wildman–Crippen LogP) is 5.19. The van der Waals surface area contributed by atoms with Crippen molar-refractivity contribution in [2.24, 2.45) is 5.92 Å². The number of likely N-dealkylation sites (N-methyl/N-ethyl adjacent to an activating group) is 1. The average Bonchev–Trinajstić information content (AvgIpc) is 3.38. The molecule has 0 saturated carbocycles. The van der Waals surface area contributed by atoms with Crippen LogP contribution in [0.3, 0.4) is 0 Å². The summed E-state index contributed by atoms with van der Waals surface area (Å²) in [5.41, 5.74) is -0.223. The Balaban J connectivity index is 2.11. The molecule has 2 aromatic rings. The van der Waals surface area contributed by atoms with Gasteiger partial charge in [-0.2, -0.15) is 5.26 Å². The standard InChI is InChI=1S/C27H36N2O5/c1-6-7-14-21(17-24(30)31-5)27(19-28,23-15-11-16-32-23)29(4)22-18-33-26(2,3)34-25(22)20-12-9-8-10-13-20/h8-13,15-16,21-22,25H,6-7,14,17-18H2,1-5H3/t21-,22+,25+,27+/m1/s1. The summed E-state index contributed by atoms with van der Waals surface area (Å²) in [6, 6.07) is 15.8. The van der Waals surface area contributed by atoms with Gasteiger partial charge in [0.2, 0.25) is 0 Å². The predicted molar refractivity (Wildman–Crippen MR) is 127 cm³/mol. The number of methoxy groups -OCH3 is 1. The summed E-state index contributed by atoms with van der Waals surface area (Å²) in [7, 11) is 3.27. The number of hydrogen-bond donors (Lipinski definition) is 0. The summed E-state index contributed by atoms with van der Waals surface area (Å²) in [4.78, 5) is 14.4. The highest BCUT2D eigenvalue weighted by Crippen LogP contribution is 2.45. The lowest BCUT2D eigenvalue weighted by Gasteiger charge is -2.50. The van der Waals surface area contributed by atoms with Crippen LogP contribution in [0.2, 0.25) is 0 Å². The van der Waals surface area contributed by atoms with E-state index in [0.29, 0.717) is 18.8 Å². The molecule has 4 atom stereocenters. The molecule has 1 aromatic heterocycles. The molecule has 0 N–H and O–H groups in total. The summed E-state index contributed by atoms with van der Waals surface area (Å²) in [5.74, 6) is -0.977. The van der Waals surface area contributed by atoms with Gasteiger partial charge in [0.1, 0.15) is 11.9 Å². The van der Waals surface area contributed by atoms with E-state index in [9.17, 15) is 10.1 Å². The van der Waals surface area contributed by atoms with Gasteiger partial charge >= 0.3 is 5.97 Å². The Morgan fingerprint density at radius 1 is 1.29 bits per heavy atom. The molecule has 2 heterocycles. The lowest BCUT2D eigenvalue weighted by molar-refractivity contribution is -0.301. The van der Waals surface area contributed by atoms with Crippen LogP contribution in [-0.2, 0) is 24.5 Å². The van der Waals surface area contributed by atoms with Gasteiger partial charge in [-0.1, -0.05) is 50.1 Å². The fourth-order valence-corrected chi connectivity index (χ4v) is 4.88. The number of nitrogens with zero attached hydrogens (tertiary/aromatic N) is 2. The van der Waals surface area contributed by atoms with Gasteiger partial charge in [0.25, 0.3) is 0 Å². The Hall–Kier alpha value is -2.66.